The van der Waals surface area contributed by atoms with E-state index < -0.39 is 17.6 Å². The highest BCUT2D eigenvalue weighted by molar-refractivity contribution is 9.12. The van der Waals surface area contributed by atoms with Crippen LogP contribution in [0.4, 0.5) is 37.5 Å². The first-order valence-electron chi connectivity index (χ1n) is 18.7. The number of carboxylic acids is 1. The normalized spacial score (nSPS) is 10.5. The van der Waals surface area contributed by atoms with E-state index in [4.69, 9.17) is 53.0 Å². The Labute approximate surface area is 388 Å². The van der Waals surface area contributed by atoms with Gasteiger partial charge < -0.3 is 40.4 Å². The lowest BCUT2D eigenvalue weighted by atomic mass is 10.0. The number of allylic oxidation sites excluding steroid dienone is 1. The predicted octanol–water partition coefficient (Wildman–Crippen LogP) is 10.7. The number of fused-ring (bicyclic) bond motifs is 2. The Balaban J connectivity index is 0.000000248. The summed E-state index contributed by atoms with van der Waals surface area (Å²) in [4.78, 5) is 39.0. The van der Waals surface area contributed by atoms with Crippen molar-refractivity contribution in [3.05, 3.63) is 123 Å². The molecule has 0 bridgehead atoms. The summed E-state index contributed by atoms with van der Waals surface area (Å²) in [6.45, 7) is 13.4. The molecule has 4 aromatic carbocycles. The number of hydrogen-bond donors (Lipinski definition) is 4. The van der Waals surface area contributed by atoms with Gasteiger partial charge >= 0.3 is 5.97 Å². The Morgan fingerprint density at radius 3 is 1.62 bits per heavy atom. The lowest BCUT2D eigenvalue weighted by Gasteiger charge is -2.14. The Morgan fingerprint density at radius 1 is 0.714 bits per heavy atom. The van der Waals surface area contributed by atoms with Gasteiger partial charge in [-0.1, -0.05) is 36.4 Å². The molecular formula is C43H41Br2Cl2F2N7O7. The molecule has 2 heterocycles. The van der Waals surface area contributed by atoms with Crippen LogP contribution in [0.25, 0.3) is 21.8 Å². The molecule has 0 fully saturated rings. The Bertz CT molecular complexity index is 2580. The number of hydrogen-bond acceptors (Lipinski definition) is 13. The van der Waals surface area contributed by atoms with Gasteiger partial charge in [0.05, 0.1) is 48.9 Å². The number of aromatic nitrogens is 4. The maximum absolute atomic E-state index is 13.5. The molecular weight excluding hydrogens is 995 g/mol. The Hall–Kier alpha value is -5.50. The summed E-state index contributed by atoms with van der Waals surface area (Å²) in [5.74, 6) is -0.103. The number of nitrogens with two attached hydrogens (primary N) is 1. The van der Waals surface area contributed by atoms with Crippen LogP contribution in [0.1, 0.15) is 19.4 Å². The monoisotopic (exact) mass is 1030 g/mol. The molecule has 0 aliphatic carbocycles. The van der Waals surface area contributed by atoms with Crippen LogP contribution in [0.15, 0.2) is 95.4 Å². The first-order valence-corrected chi connectivity index (χ1v) is 21.1. The molecule has 20 heteroatoms. The van der Waals surface area contributed by atoms with Gasteiger partial charge in [-0.25, -0.2) is 33.5 Å². The number of halogens is 6. The molecule has 63 heavy (non-hydrogen) atoms. The summed E-state index contributed by atoms with van der Waals surface area (Å²) in [7, 11) is 0. The summed E-state index contributed by atoms with van der Waals surface area (Å²) in [5, 5.41) is 15.5. The van der Waals surface area contributed by atoms with Gasteiger partial charge in [0.2, 0.25) is 0 Å². The van der Waals surface area contributed by atoms with Crippen LogP contribution >= 0.6 is 55.1 Å². The quantitative estimate of drug-likeness (QED) is 0.0361. The fourth-order valence-corrected chi connectivity index (χ4v) is 5.73. The van der Waals surface area contributed by atoms with Crippen LogP contribution < -0.4 is 25.8 Å². The lowest BCUT2D eigenvalue weighted by molar-refractivity contribution is -0.131. The van der Waals surface area contributed by atoms with E-state index in [1.165, 1.54) is 36.9 Å². The number of carbonyl (C=O) groups excluding carboxylic acids is 1. The second-order valence-corrected chi connectivity index (χ2v) is 15.4. The molecule has 2 aromatic heterocycles. The first kappa shape index (κ1) is 50.1. The Morgan fingerprint density at radius 2 is 1.17 bits per heavy atom. The number of ketones is 1. The number of ether oxygens (including phenoxy) is 4. The van der Waals surface area contributed by atoms with E-state index in [1.807, 2.05) is 13.8 Å². The van der Waals surface area contributed by atoms with Crippen molar-refractivity contribution >= 4 is 117 Å². The molecule has 6 rings (SSSR count). The highest BCUT2D eigenvalue weighted by Gasteiger charge is 2.16. The van der Waals surface area contributed by atoms with E-state index in [0.717, 1.165) is 0 Å². The van der Waals surface area contributed by atoms with Crippen LogP contribution in [0.3, 0.4) is 0 Å². The van der Waals surface area contributed by atoms with Gasteiger partial charge in [-0.2, -0.15) is 0 Å². The summed E-state index contributed by atoms with van der Waals surface area (Å²) in [6, 6.07) is 15.7. The number of benzene rings is 4. The molecule has 0 amide bonds. The van der Waals surface area contributed by atoms with E-state index in [1.54, 1.807) is 36.4 Å². The van der Waals surface area contributed by atoms with Crippen molar-refractivity contribution < 1.29 is 42.4 Å². The third-order valence-corrected chi connectivity index (χ3v) is 9.57. The lowest BCUT2D eigenvalue weighted by Crippen LogP contribution is -2.10. The summed E-state index contributed by atoms with van der Waals surface area (Å²) in [5.41, 5.74) is 9.66. The van der Waals surface area contributed by atoms with Crippen molar-refractivity contribution in [3.63, 3.8) is 0 Å². The number of nitrogens with zero attached hydrogens (tertiary/aromatic N) is 4. The number of anilines is 5. The second kappa shape index (κ2) is 25.0. The summed E-state index contributed by atoms with van der Waals surface area (Å²) in [6.07, 6.45) is 2.92. The molecule has 0 aliphatic rings. The van der Waals surface area contributed by atoms with Crippen molar-refractivity contribution in [2.24, 2.45) is 0 Å². The van der Waals surface area contributed by atoms with Crippen molar-refractivity contribution in [1.29, 1.82) is 0 Å². The van der Waals surface area contributed by atoms with E-state index in [-0.39, 0.29) is 31.2 Å². The standard InChI is InChI=1S/C22H20BrClFN3O3.C18H18ClFN4O2.C3H3BrO2/c1-3-30-6-7-31-21-11-19-16(8-14(21)9-20(29)13(2)23)22(27-12-26-19)28-15-4-5-18(25)17(24)10-15;1-2-25-5-6-26-17-9-16-12(8-15(17)21)18(23-10-22-16)24-11-3-4-14(20)13(19)7-11;1-2(4)3(5)6/h4-5,8,10-12H,2-3,6-7,9H2,1H3,(H,26,27,28);3-4,7-10H,2,5-6,21H2,1H3,(H,22,23,24);1H2,(H,5,6). The minimum atomic E-state index is -1.02. The molecule has 0 unspecified atom stereocenters. The minimum absolute atomic E-state index is 0.00420. The van der Waals surface area contributed by atoms with E-state index in [9.17, 15) is 18.4 Å². The highest BCUT2D eigenvalue weighted by Crippen LogP contribution is 2.33. The number of carbonyl (C=O) groups is 2. The van der Waals surface area contributed by atoms with Crippen LogP contribution in [-0.2, 0) is 25.5 Å². The molecule has 0 spiro atoms. The topological polar surface area (TPSA) is 193 Å². The van der Waals surface area contributed by atoms with Gasteiger partial charge in [-0.3, -0.25) is 4.79 Å². The number of rotatable bonds is 18. The van der Waals surface area contributed by atoms with E-state index in [2.05, 4.69) is 75.6 Å². The number of carboxylic acid groups (broad SMARTS) is 1. The third-order valence-electron chi connectivity index (χ3n) is 8.21. The van der Waals surface area contributed by atoms with Crippen LogP contribution in [-0.4, -0.2) is 76.4 Å². The molecule has 0 atom stereocenters. The minimum Gasteiger partial charge on any atom is -0.491 e. The van der Waals surface area contributed by atoms with Crippen LogP contribution in [0.2, 0.25) is 10.0 Å². The maximum atomic E-state index is 13.5. The summed E-state index contributed by atoms with van der Waals surface area (Å²) >= 11 is 17.5. The number of aliphatic carboxylic acids is 1. The molecule has 0 aliphatic heterocycles. The van der Waals surface area contributed by atoms with Gasteiger partial charge in [0.25, 0.3) is 0 Å². The molecule has 5 N–H and O–H groups in total. The molecule has 0 saturated carbocycles. The largest absolute Gasteiger partial charge is 0.491 e. The fourth-order valence-electron chi connectivity index (χ4n) is 5.23. The van der Waals surface area contributed by atoms with E-state index in [0.29, 0.717) is 107 Å². The number of nitrogen functional groups attached to an aromatic ring is 1. The maximum Gasteiger partial charge on any atom is 0.342 e. The smallest absolute Gasteiger partial charge is 0.342 e. The highest BCUT2D eigenvalue weighted by atomic mass is 79.9. The fraction of sp³-hybridized carbons (Fsp3) is 0.209. The van der Waals surface area contributed by atoms with E-state index >= 15 is 0 Å². The van der Waals surface area contributed by atoms with Crippen molar-refractivity contribution in [3.8, 4) is 11.5 Å². The molecule has 332 valence electrons. The van der Waals surface area contributed by atoms with Gasteiger partial charge in [0, 0.05) is 59.5 Å². The van der Waals surface area contributed by atoms with Crippen molar-refractivity contribution in [2.75, 3.05) is 56.0 Å². The predicted molar refractivity (Wildman–Crippen MR) is 249 cm³/mol. The van der Waals surface area contributed by atoms with Gasteiger partial charge in [-0.15, -0.1) is 0 Å². The number of Topliss-reactive ketones (excluding diaryl/α,β-unsaturated/α-hetero) is 1. The van der Waals surface area contributed by atoms with Crippen LogP contribution in [0.5, 0.6) is 11.5 Å². The first-order chi connectivity index (χ1) is 30.1. The SMILES string of the molecule is C=C(Br)C(=O)Cc1cc2c(Nc3ccc(F)c(Cl)c3)ncnc2cc1OCCOCC.C=C(Br)C(=O)O.CCOCCOc1cc2ncnc(Nc3ccc(F)c(Cl)c3)c2cc1N. The van der Waals surface area contributed by atoms with Gasteiger partial charge in [0.15, 0.2) is 5.78 Å². The molecule has 14 nitrogen and oxygen atoms in total. The van der Waals surface area contributed by atoms with Crippen molar-refractivity contribution in [2.45, 2.75) is 20.3 Å². The van der Waals surface area contributed by atoms with Crippen molar-refractivity contribution in [1.82, 2.24) is 19.9 Å². The summed E-state index contributed by atoms with van der Waals surface area (Å²) < 4.78 is 49.1. The average Bonchev–Trinajstić information content (AvgIpc) is 3.25. The molecule has 6 aromatic rings. The molecule has 0 radical (unpaired) electrons. The Kier molecular flexibility index (Phi) is 19.9. The second-order valence-electron chi connectivity index (χ2n) is 12.6. The zero-order valence-electron chi connectivity index (χ0n) is 33.8. The number of nitrogens with one attached hydrogen (secondary N) is 2. The van der Waals surface area contributed by atoms with Crippen LogP contribution in [0, 0.1) is 11.6 Å². The van der Waals surface area contributed by atoms with Gasteiger partial charge in [-0.05, 0) is 94.2 Å². The van der Waals surface area contributed by atoms with Gasteiger partial charge in [0.1, 0.15) is 60.6 Å². The average molecular weight is 1040 g/mol. The third kappa shape index (κ3) is 15.4. The molecule has 0 saturated heterocycles. The zero-order valence-corrected chi connectivity index (χ0v) is 38.5. The zero-order chi connectivity index (χ0) is 46.1.